The predicted molar refractivity (Wildman–Crippen MR) is 61.1 cm³/mol. The summed E-state index contributed by atoms with van der Waals surface area (Å²) in [5, 5.41) is 3.43. The van der Waals surface area contributed by atoms with Gasteiger partial charge in [-0.15, -0.1) is 0 Å². The van der Waals surface area contributed by atoms with Crippen LogP contribution in [0.1, 0.15) is 17.9 Å². The number of hydrogen-bond donors (Lipinski definition) is 1. The van der Waals surface area contributed by atoms with Crippen molar-refractivity contribution in [2.75, 3.05) is 26.7 Å². The number of hydrogen-bond acceptors (Lipinski definition) is 3. The number of rotatable bonds is 3. The molecule has 0 bridgehead atoms. The molecule has 3 heteroatoms. The Morgan fingerprint density at radius 1 is 1.53 bits per heavy atom. The first-order valence-corrected chi connectivity index (χ1v) is 5.72. The van der Waals surface area contributed by atoms with Gasteiger partial charge in [-0.25, -0.2) is 0 Å². The standard InChI is InChI=1S/C12H20N2O/c1-10-3-5-12(15-10)6-4-11-9-13-7-8-14(11)2/h3,5,11,13H,4,6-9H2,1-2H3. The summed E-state index contributed by atoms with van der Waals surface area (Å²) in [5.41, 5.74) is 0. The van der Waals surface area contributed by atoms with Gasteiger partial charge < -0.3 is 14.6 Å². The van der Waals surface area contributed by atoms with Gasteiger partial charge in [-0.2, -0.15) is 0 Å². The molecule has 0 amide bonds. The van der Waals surface area contributed by atoms with Crippen LogP contribution < -0.4 is 5.32 Å². The SMILES string of the molecule is Cc1ccc(CCC2CNCCN2C)o1. The highest BCUT2D eigenvalue weighted by Gasteiger charge is 2.18. The predicted octanol–water partition coefficient (Wildman–Crippen LogP) is 1.42. The van der Waals surface area contributed by atoms with Crippen LogP contribution in [0.4, 0.5) is 0 Å². The minimum Gasteiger partial charge on any atom is -0.466 e. The average Bonchev–Trinajstić information content (AvgIpc) is 2.63. The molecule has 15 heavy (non-hydrogen) atoms. The van der Waals surface area contributed by atoms with E-state index in [0.717, 1.165) is 37.6 Å². The second kappa shape index (κ2) is 4.81. The summed E-state index contributed by atoms with van der Waals surface area (Å²) < 4.78 is 5.57. The van der Waals surface area contributed by atoms with Crippen LogP contribution in [0.15, 0.2) is 16.5 Å². The van der Waals surface area contributed by atoms with Crippen molar-refractivity contribution in [2.45, 2.75) is 25.8 Å². The molecular weight excluding hydrogens is 188 g/mol. The molecule has 1 aliphatic rings. The van der Waals surface area contributed by atoms with E-state index in [4.69, 9.17) is 4.42 Å². The second-order valence-corrected chi connectivity index (χ2v) is 4.39. The topological polar surface area (TPSA) is 28.4 Å². The zero-order valence-electron chi connectivity index (χ0n) is 9.62. The fourth-order valence-corrected chi connectivity index (χ4v) is 2.11. The van der Waals surface area contributed by atoms with Gasteiger partial charge in [-0.1, -0.05) is 0 Å². The van der Waals surface area contributed by atoms with Crippen LogP contribution in [0, 0.1) is 6.92 Å². The van der Waals surface area contributed by atoms with E-state index < -0.39 is 0 Å². The Labute approximate surface area is 91.4 Å². The Morgan fingerprint density at radius 3 is 3.07 bits per heavy atom. The maximum atomic E-state index is 5.57. The van der Waals surface area contributed by atoms with Gasteiger partial charge in [-0.05, 0) is 32.5 Å². The number of nitrogens with one attached hydrogen (secondary N) is 1. The quantitative estimate of drug-likeness (QED) is 0.814. The summed E-state index contributed by atoms with van der Waals surface area (Å²) in [6.07, 6.45) is 2.22. The van der Waals surface area contributed by atoms with Crippen LogP contribution in [-0.4, -0.2) is 37.6 Å². The van der Waals surface area contributed by atoms with Gasteiger partial charge in [-0.3, -0.25) is 0 Å². The molecule has 0 aliphatic carbocycles. The molecule has 1 aliphatic heterocycles. The van der Waals surface area contributed by atoms with E-state index in [2.05, 4.69) is 23.3 Å². The van der Waals surface area contributed by atoms with Gasteiger partial charge in [0, 0.05) is 32.1 Å². The molecule has 3 nitrogen and oxygen atoms in total. The molecular formula is C12H20N2O. The highest BCUT2D eigenvalue weighted by Crippen LogP contribution is 2.12. The minimum absolute atomic E-state index is 0.657. The minimum atomic E-state index is 0.657. The van der Waals surface area contributed by atoms with Crippen LogP contribution in [0.5, 0.6) is 0 Å². The lowest BCUT2D eigenvalue weighted by molar-refractivity contribution is 0.188. The van der Waals surface area contributed by atoms with Crippen LogP contribution in [0.2, 0.25) is 0 Å². The molecule has 1 saturated heterocycles. The van der Waals surface area contributed by atoms with Crippen LogP contribution in [0.3, 0.4) is 0 Å². The third-order valence-electron chi connectivity index (χ3n) is 3.16. The third-order valence-corrected chi connectivity index (χ3v) is 3.16. The van der Waals surface area contributed by atoms with Crippen molar-refractivity contribution in [3.05, 3.63) is 23.7 Å². The highest BCUT2D eigenvalue weighted by molar-refractivity contribution is 5.05. The smallest absolute Gasteiger partial charge is 0.104 e. The van der Waals surface area contributed by atoms with E-state index in [9.17, 15) is 0 Å². The zero-order valence-corrected chi connectivity index (χ0v) is 9.62. The monoisotopic (exact) mass is 208 g/mol. The Hall–Kier alpha value is -0.800. The van der Waals surface area contributed by atoms with E-state index >= 15 is 0 Å². The molecule has 84 valence electrons. The largest absolute Gasteiger partial charge is 0.466 e. The molecule has 0 aromatic carbocycles. The van der Waals surface area contributed by atoms with Crippen molar-refractivity contribution in [1.82, 2.24) is 10.2 Å². The number of nitrogens with zero attached hydrogens (tertiary/aromatic N) is 1. The maximum absolute atomic E-state index is 5.57. The van der Waals surface area contributed by atoms with E-state index in [1.165, 1.54) is 6.42 Å². The van der Waals surface area contributed by atoms with Gasteiger partial charge >= 0.3 is 0 Å². The van der Waals surface area contributed by atoms with Crippen LogP contribution in [0.25, 0.3) is 0 Å². The molecule has 1 unspecified atom stereocenters. The first kappa shape index (κ1) is 10.7. The van der Waals surface area contributed by atoms with Crippen LogP contribution in [-0.2, 0) is 6.42 Å². The number of aryl methyl sites for hydroxylation is 2. The Morgan fingerprint density at radius 2 is 2.40 bits per heavy atom. The lowest BCUT2D eigenvalue weighted by Gasteiger charge is -2.32. The molecule has 1 fully saturated rings. The lowest BCUT2D eigenvalue weighted by atomic mass is 10.1. The molecule has 1 N–H and O–H groups in total. The van der Waals surface area contributed by atoms with Gasteiger partial charge in [0.25, 0.3) is 0 Å². The second-order valence-electron chi connectivity index (χ2n) is 4.39. The van der Waals surface area contributed by atoms with Crippen LogP contribution >= 0.6 is 0 Å². The average molecular weight is 208 g/mol. The number of furan rings is 1. The third kappa shape index (κ3) is 2.83. The Balaban J connectivity index is 1.81. The van der Waals surface area contributed by atoms with Gasteiger partial charge in [0.2, 0.25) is 0 Å². The summed E-state index contributed by atoms with van der Waals surface area (Å²) in [6.45, 7) is 5.38. The summed E-state index contributed by atoms with van der Waals surface area (Å²) in [7, 11) is 2.21. The summed E-state index contributed by atoms with van der Waals surface area (Å²) in [4.78, 5) is 2.44. The van der Waals surface area contributed by atoms with E-state index in [-0.39, 0.29) is 0 Å². The molecule has 0 radical (unpaired) electrons. The van der Waals surface area contributed by atoms with Crippen molar-refractivity contribution < 1.29 is 4.42 Å². The normalized spacial score (nSPS) is 23.2. The van der Waals surface area contributed by atoms with Crippen molar-refractivity contribution in [3.63, 3.8) is 0 Å². The summed E-state index contributed by atoms with van der Waals surface area (Å²) >= 11 is 0. The molecule has 2 rings (SSSR count). The van der Waals surface area contributed by atoms with Crippen molar-refractivity contribution >= 4 is 0 Å². The van der Waals surface area contributed by atoms with E-state index in [1.807, 2.05) is 13.0 Å². The molecule has 1 aromatic heterocycles. The Kier molecular flexibility index (Phi) is 3.44. The van der Waals surface area contributed by atoms with Gasteiger partial charge in [0.15, 0.2) is 0 Å². The maximum Gasteiger partial charge on any atom is 0.104 e. The van der Waals surface area contributed by atoms with Crippen molar-refractivity contribution in [1.29, 1.82) is 0 Å². The summed E-state index contributed by atoms with van der Waals surface area (Å²) in [5.74, 6) is 2.13. The molecule has 1 atom stereocenters. The van der Waals surface area contributed by atoms with E-state index in [1.54, 1.807) is 0 Å². The van der Waals surface area contributed by atoms with Gasteiger partial charge in [0.05, 0.1) is 0 Å². The molecule has 0 saturated carbocycles. The Bertz CT molecular complexity index is 308. The summed E-state index contributed by atoms with van der Waals surface area (Å²) in [6, 6.07) is 4.79. The van der Waals surface area contributed by atoms with Gasteiger partial charge in [0.1, 0.15) is 11.5 Å². The fourth-order valence-electron chi connectivity index (χ4n) is 2.11. The first-order valence-electron chi connectivity index (χ1n) is 5.72. The van der Waals surface area contributed by atoms with E-state index in [0.29, 0.717) is 6.04 Å². The molecule has 2 heterocycles. The van der Waals surface area contributed by atoms with Crippen molar-refractivity contribution in [2.24, 2.45) is 0 Å². The molecule has 1 aromatic rings. The molecule has 0 spiro atoms. The number of likely N-dealkylation sites (N-methyl/N-ethyl adjacent to an activating group) is 1. The highest BCUT2D eigenvalue weighted by atomic mass is 16.3. The lowest BCUT2D eigenvalue weighted by Crippen LogP contribution is -2.49. The van der Waals surface area contributed by atoms with Crippen molar-refractivity contribution in [3.8, 4) is 0 Å². The first-order chi connectivity index (χ1) is 7.25. The number of piperazine rings is 1. The zero-order chi connectivity index (χ0) is 10.7. The fraction of sp³-hybridized carbons (Fsp3) is 0.667.